The van der Waals surface area contributed by atoms with Crippen LogP contribution in [0, 0.1) is 0 Å². The first kappa shape index (κ1) is 15.6. The minimum atomic E-state index is 0.368. The molecule has 0 unspecified atom stereocenters. The van der Waals surface area contributed by atoms with Crippen LogP contribution in [0.3, 0.4) is 0 Å². The molecule has 0 radical (unpaired) electrons. The Morgan fingerprint density at radius 3 is 2.76 bits per heavy atom. The number of ether oxygens (including phenoxy) is 2. The lowest BCUT2D eigenvalue weighted by Crippen LogP contribution is -2.04. The third-order valence-corrected chi connectivity index (χ3v) is 3.50. The molecule has 2 rings (SSSR count). The smallest absolute Gasteiger partial charge is 0.224 e. The fourth-order valence-corrected chi connectivity index (χ4v) is 2.25. The van der Waals surface area contributed by atoms with Crippen LogP contribution >= 0.6 is 11.8 Å². The third-order valence-electron chi connectivity index (χ3n) is 2.72. The lowest BCUT2D eigenvalue weighted by atomic mass is 10.3. The van der Waals surface area contributed by atoms with E-state index < -0.39 is 0 Å². The quantitative estimate of drug-likeness (QED) is 0.789. The van der Waals surface area contributed by atoms with Crippen LogP contribution in [0.2, 0.25) is 0 Å². The van der Waals surface area contributed by atoms with Crippen molar-refractivity contribution < 1.29 is 9.47 Å². The predicted molar refractivity (Wildman–Crippen MR) is 85.2 cm³/mol. The maximum atomic E-state index is 5.90. The molecule has 0 aliphatic rings. The van der Waals surface area contributed by atoms with Crippen LogP contribution in [0.15, 0.2) is 35.2 Å². The molecule has 0 bridgehead atoms. The highest BCUT2D eigenvalue weighted by Gasteiger charge is 2.08. The highest BCUT2D eigenvalue weighted by molar-refractivity contribution is 7.98. The van der Waals surface area contributed by atoms with Gasteiger partial charge in [0.1, 0.15) is 18.2 Å². The van der Waals surface area contributed by atoms with E-state index in [1.54, 1.807) is 17.8 Å². The minimum Gasteiger partial charge on any atom is -0.438 e. The van der Waals surface area contributed by atoms with Gasteiger partial charge in [0.15, 0.2) is 5.82 Å². The zero-order valence-corrected chi connectivity index (χ0v) is 13.2. The van der Waals surface area contributed by atoms with Gasteiger partial charge < -0.3 is 14.8 Å². The van der Waals surface area contributed by atoms with Crippen LogP contribution < -0.4 is 10.1 Å². The van der Waals surface area contributed by atoms with Crippen molar-refractivity contribution in [1.29, 1.82) is 0 Å². The first-order valence-electron chi connectivity index (χ1n) is 6.71. The number of nitrogens with one attached hydrogen (secondary N) is 1. The normalized spacial score (nSPS) is 10.4. The molecule has 1 aromatic heterocycles. The molecule has 0 fully saturated rings. The number of hydrogen-bond acceptors (Lipinski definition) is 6. The van der Waals surface area contributed by atoms with E-state index in [0.717, 1.165) is 10.6 Å². The Morgan fingerprint density at radius 2 is 2.05 bits per heavy atom. The number of anilines is 1. The molecule has 5 nitrogen and oxygen atoms in total. The van der Waals surface area contributed by atoms with Gasteiger partial charge in [0, 0.05) is 24.6 Å². The second-order valence-electron chi connectivity index (χ2n) is 4.15. The van der Waals surface area contributed by atoms with E-state index >= 15 is 0 Å². The van der Waals surface area contributed by atoms with E-state index in [9.17, 15) is 0 Å². The highest BCUT2D eigenvalue weighted by atomic mass is 32.2. The zero-order valence-electron chi connectivity index (χ0n) is 12.4. The molecule has 0 aliphatic carbocycles. The van der Waals surface area contributed by atoms with E-state index in [-0.39, 0.29) is 0 Å². The summed E-state index contributed by atoms with van der Waals surface area (Å²) in [5.41, 5.74) is 0. The molecule has 21 heavy (non-hydrogen) atoms. The average Bonchev–Trinajstić information content (AvgIpc) is 2.53. The summed E-state index contributed by atoms with van der Waals surface area (Å²) in [6.45, 7) is 2.93. The van der Waals surface area contributed by atoms with Crippen molar-refractivity contribution in [1.82, 2.24) is 9.97 Å². The van der Waals surface area contributed by atoms with Gasteiger partial charge in [0.25, 0.3) is 0 Å². The Morgan fingerprint density at radius 1 is 1.24 bits per heavy atom. The number of hydrogen-bond donors (Lipinski definition) is 1. The van der Waals surface area contributed by atoms with Gasteiger partial charge in [0.2, 0.25) is 5.88 Å². The summed E-state index contributed by atoms with van der Waals surface area (Å²) in [6, 6.07) is 9.64. The largest absolute Gasteiger partial charge is 0.438 e. The van der Waals surface area contributed by atoms with Gasteiger partial charge in [0.05, 0.1) is 0 Å². The molecule has 0 amide bonds. The van der Waals surface area contributed by atoms with E-state index in [1.165, 1.54) is 0 Å². The maximum absolute atomic E-state index is 5.90. The lowest BCUT2D eigenvalue weighted by molar-refractivity contribution is 0.128. The van der Waals surface area contributed by atoms with Crippen LogP contribution in [0.4, 0.5) is 5.82 Å². The monoisotopic (exact) mass is 305 g/mol. The van der Waals surface area contributed by atoms with Crippen LogP contribution in [0.25, 0.3) is 0 Å². The van der Waals surface area contributed by atoms with Gasteiger partial charge in [-0.25, -0.2) is 4.98 Å². The van der Waals surface area contributed by atoms with Gasteiger partial charge >= 0.3 is 0 Å². The number of thioether (sulfide) groups is 1. The standard InChI is InChI=1S/C15H19N3O2S/c1-4-19-10-14-17-13(16-2)9-15(18-14)20-11-7-5-6-8-12(11)21-3/h5-9H,4,10H2,1-3H3,(H,16,17,18). The topological polar surface area (TPSA) is 56.3 Å². The minimum absolute atomic E-state index is 0.368. The molecule has 2 aromatic rings. The van der Waals surface area contributed by atoms with E-state index in [0.29, 0.717) is 30.7 Å². The van der Waals surface area contributed by atoms with E-state index in [4.69, 9.17) is 9.47 Å². The summed E-state index contributed by atoms with van der Waals surface area (Å²) >= 11 is 1.63. The van der Waals surface area contributed by atoms with Gasteiger partial charge in [-0.15, -0.1) is 11.8 Å². The summed E-state index contributed by atoms with van der Waals surface area (Å²) in [7, 11) is 1.81. The van der Waals surface area contributed by atoms with Crippen molar-refractivity contribution in [3.8, 4) is 11.6 Å². The average molecular weight is 305 g/mol. The summed E-state index contributed by atoms with van der Waals surface area (Å²) in [5.74, 6) is 2.59. The molecule has 0 aliphatic heterocycles. The first-order valence-corrected chi connectivity index (χ1v) is 7.93. The Hall–Kier alpha value is -1.79. The van der Waals surface area contributed by atoms with E-state index in [2.05, 4.69) is 15.3 Å². The second kappa shape index (κ2) is 7.85. The van der Waals surface area contributed by atoms with Gasteiger partial charge in [-0.2, -0.15) is 4.98 Å². The van der Waals surface area contributed by atoms with Crippen molar-refractivity contribution in [3.05, 3.63) is 36.2 Å². The number of nitrogens with zero attached hydrogens (tertiary/aromatic N) is 2. The van der Waals surface area contributed by atoms with Crippen LogP contribution in [0.1, 0.15) is 12.7 Å². The van der Waals surface area contributed by atoms with Gasteiger partial charge in [-0.05, 0) is 25.3 Å². The van der Waals surface area contributed by atoms with Crippen LogP contribution in [0.5, 0.6) is 11.6 Å². The Balaban J connectivity index is 2.25. The number of aromatic nitrogens is 2. The predicted octanol–water partition coefficient (Wildman–Crippen LogP) is 3.57. The molecule has 0 saturated heterocycles. The Bertz CT molecular complexity index is 593. The summed E-state index contributed by atoms with van der Waals surface area (Å²) in [6.07, 6.45) is 2.02. The van der Waals surface area contributed by atoms with Crippen molar-refractivity contribution >= 4 is 17.6 Å². The van der Waals surface area contributed by atoms with Crippen LogP contribution in [-0.4, -0.2) is 29.9 Å². The molecule has 0 atom stereocenters. The highest BCUT2D eigenvalue weighted by Crippen LogP contribution is 2.31. The number of benzene rings is 1. The molecule has 0 spiro atoms. The fourth-order valence-electron chi connectivity index (χ4n) is 1.73. The molecule has 112 valence electrons. The van der Waals surface area contributed by atoms with Crippen molar-refractivity contribution in [2.24, 2.45) is 0 Å². The molecule has 0 saturated carbocycles. The summed E-state index contributed by atoms with van der Waals surface area (Å²) in [4.78, 5) is 9.79. The lowest BCUT2D eigenvalue weighted by Gasteiger charge is -2.11. The molecule has 6 heteroatoms. The second-order valence-corrected chi connectivity index (χ2v) is 5.00. The number of para-hydroxylation sites is 1. The molecular formula is C15H19N3O2S. The molecule has 1 N–H and O–H groups in total. The van der Waals surface area contributed by atoms with Gasteiger partial charge in [-0.1, -0.05) is 12.1 Å². The van der Waals surface area contributed by atoms with Crippen LogP contribution in [-0.2, 0) is 11.3 Å². The Kier molecular flexibility index (Phi) is 5.83. The number of rotatable bonds is 7. The van der Waals surface area contributed by atoms with Crippen molar-refractivity contribution in [3.63, 3.8) is 0 Å². The van der Waals surface area contributed by atoms with Gasteiger partial charge in [-0.3, -0.25) is 0 Å². The molecular weight excluding hydrogens is 286 g/mol. The third kappa shape index (κ3) is 4.34. The Labute approximate surface area is 129 Å². The van der Waals surface area contributed by atoms with Crippen molar-refractivity contribution in [2.45, 2.75) is 18.4 Å². The fraction of sp³-hybridized carbons (Fsp3) is 0.333. The van der Waals surface area contributed by atoms with Crippen molar-refractivity contribution in [2.75, 3.05) is 25.2 Å². The molecule has 1 heterocycles. The summed E-state index contributed by atoms with van der Waals surface area (Å²) < 4.78 is 11.3. The zero-order chi connectivity index (χ0) is 15.1. The SMILES string of the molecule is CCOCc1nc(NC)cc(Oc2ccccc2SC)n1. The summed E-state index contributed by atoms with van der Waals surface area (Å²) in [5, 5.41) is 3.01. The first-order chi connectivity index (χ1) is 10.3. The molecule has 1 aromatic carbocycles. The van der Waals surface area contributed by atoms with E-state index in [1.807, 2.05) is 44.5 Å². The maximum Gasteiger partial charge on any atom is 0.224 e.